The highest BCUT2D eigenvalue weighted by Crippen LogP contribution is 2.40. The third-order valence-electron chi connectivity index (χ3n) is 4.40. The summed E-state index contributed by atoms with van der Waals surface area (Å²) in [5.74, 6) is 2.59. The summed E-state index contributed by atoms with van der Waals surface area (Å²) in [5, 5.41) is 0. The van der Waals surface area contributed by atoms with E-state index >= 15 is 0 Å². The van der Waals surface area contributed by atoms with E-state index in [4.69, 9.17) is 28.4 Å². The molecule has 2 rings (SSSR count). The molecule has 0 aliphatic heterocycles. The van der Waals surface area contributed by atoms with Crippen LogP contribution >= 0.6 is 0 Å². The summed E-state index contributed by atoms with van der Waals surface area (Å²) in [6.07, 6.45) is 0. The molecule has 0 atom stereocenters. The van der Waals surface area contributed by atoms with Crippen molar-refractivity contribution in [3.8, 4) is 34.5 Å². The first-order valence-corrected chi connectivity index (χ1v) is 8.78. The van der Waals surface area contributed by atoms with E-state index in [1.165, 1.54) is 21.3 Å². The minimum absolute atomic E-state index is 0.210. The molecule has 2 aromatic carbocycles. The molecule has 0 aliphatic rings. The van der Waals surface area contributed by atoms with Crippen LogP contribution in [0.2, 0.25) is 0 Å². The second-order valence-electron chi connectivity index (χ2n) is 6.11. The van der Waals surface area contributed by atoms with Gasteiger partial charge in [-0.1, -0.05) is 0 Å². The van der Waals surface area contributed by atoms with Crippen LogP contribution in [0, 0.1) is 0 Å². The fourth-order valence-electron chi connectivity index (χ4n) is 3.00. The Balaban J connectivity index is 2.34. The molecule has 0 saturated carbocycles. The lowest BCUT2D eigenvalue weighted by Crippen LogP contribution is -2.26. The van der Waals surface area contributed by atoms with Crippen LogP contribution in [0.15, 0.2) is 24.3 Å². The standard InChI is InChI=1S/C21H27NO7/c1-22(12-13-8-15(24-2)19(28-6)16(9-13)25-3)21(23)14-10-17(26-4)20(29-7)18(11-14)27-5/h8-11H,12H2,1-7H3. The van der Waals surface area contributed by atoms with E-state index in [0.29, 0.717) is 46.6 Å². The van der Waals surface area contributed by atoms with Gasteiger partial charge in [-0.25, -0.2) is 0 Å². The minimum Gasteiger partial charge on any atom is -0.493 e. The van der Waals surface area contributed by atoms with Crippen LogP contribution in [0.5, 0.6) is 34.5 Å². The zero-order chi connectivity index (χ0) is 21.6. The number of carbonyl (C=O) groups is 1. The van der Waals surface area contributed by atoms with E-state index in [1.807, 2.05) is 0 Å². The topological polar surface area (TPSA) is 75.7 Å². The molecule has 0 spiro atoms. The maximum absolute atomic E-state index is 13.0. The highest BCUT2D eigenvalue weighted by Gasteiger charge is 2.21. The first-order valence-electron chi connectivity index (χ1n) is 8.78. The lowest BCUT2D eigenvalue weighted by molar-refractivity contribution is 0.0784. The van der Waals surface area contributed by atoms with Gasteiger partial charge in [0.05, 0.1) is 42.7 Å². The van der Waals surface area contributed by atoms with Gasteiger partial charge in [0.2, 0.25) is 11.5 Å². The van der Waals surface area contributed by atoms with Gasteiger partial charge in [-0.2, -0.15) is 0 Å². The number of amides is 1. The zero-order valence-corrected chi connectivity index (χ0v) is 17.8. The Labute approximate surface area is 170 Å². The van der Waals surface area contributed by atoms with E-state index in [2.05, 4.69) is 0 Å². The van der Waals surface area contributed by atoms with Crippen molar-refractivity contribution in [1.29, 1.82) is 0 Å². The number of benzene rings is 2. The molecule has 0 aliphatic carbocycles. The molecule has 0 bridgehead atoms. The maximum Gasteiger partial charge on any atom is 0.254 e. The summed E-state index contributed by atoms with van der Waals surface area (Å²) in [6.45, 7) is 0.326. The maximum atomic E-state index is 13.0. The normalized spacial score (nSPS) is 10.2. The van der Waals surface area contributed by atoms with E-state index in [0.717, 1.165) is 5.56 Å². The van der Waals surface area contributed by atoms with Gasteiger partial charge in [-0.3, -0.25) is 4.79 Å². The lowest BCUT2D eigenvalue weighted by atomic mass is 10.1. The first-order chi connectivity index (χ1) is 13.9. The number of nitrogens with zero attached hydrogens (tertiary/aromatic N) is 1. The van der Waals surface area contributed by atoms with Gasteiger partial charge >= 0.3 is 0 Å². The Morgan fingerprint density at radius 3 is 1.41 bits per heavy atom. The van der Waals surface area contributed by atoms with Gasteiger partial charge in [0, 0.05) is 19.2 Å². The number of methoxy groups -OCH3 is 6. The van der Waals surface area contributed by atoms with Crippen molar-refractivity contribution in [2.75, 3.05) is 49.7 Å². The van der Waals surface area contributed by atoms with Crippen molar-refractivity contribution in [2.45, 2.75) is 6.54 Å². The van der Waals surface area contributed by atoms with Crippen molar-refractivity contribution >= 4 is 5.91 Å². The van der Waals surface area contributed by atoms with Gasteiger partial charge in [0.1, 0.15) is 0 Å². The van der Waals surface area contributed by atoms with Gasteiger partial charge in [0.25, 0.3) is 5.91 Å². The summed E-state index contributed by atoms with van der Waals surface area (Å²) in [7, 11) is 10.9. The van der Waals surface area contributed by atoms with Crippen LogP contribution in [-0.4, -0.2) is 60.5 Å². The Kier molecular flexibility index (Phi) is 7.41. The predicted molar refractivity (Wildman–Crippen MR) is 108 cm³/mol. The van der Waals surface area contributed by atoms with Crippen LogP contribution in [0.3, 0.4) is 0 Å². The Bertz CT molecular complexity index is 816. The average Bonchev–Trinajstić information content (AvgIpc) is 2.76. The van der Waals surface area contributed by atoms with Crippen LogP contribution < -0.4 is 28.4 Å². The third kappa shape index (κ3) is 4.59. The van der Waals surface area contributed by atoms with Crippen LogP contribution in [0.1, 0.15) is 15.9 Å². The van der Waals surface area contributed by atoms with Crippen LogP contribution in [0.4, 0.5) is 0 Å². The fraction of sp³-hybridized carbons (Fsp3) is 0.381. The molecule has 0 heterocycles. The second kappa shape index (κ2) is 9.77. The van der Waals surface area contributed by atoms with Crippen molar-refractivity contribution in [3.63, 3.8) is 0 Å². The second-order valence-corrected chi connectivity index (χ2v) is 6.11. The highest BCUT2D eigenvalue weighted by atomic mass is 16.5. The average molecular weight is 405 g/mol. The van der Waals surface area contributed by atoms with Crippen molar-refractivity contribution in [1.82, 2.24) is 4.90 Å². The van der Waals surface area contributed by atoms with E-state index in [-0.39, 0.29) is 5.91 Å². The summed E-state index contributed by atoms with van der Waals surface area (Å²) < 4.78 is 32.1. The van der Waals surface area contributed by atoms with Gasteiger partial charge in [-0.05, 0) is 29.8 Å². The molecule has 0 saturated heterocycles. The van der Waals surface area contributed by atoms with Gasteiger partial charge in [0.15, 0.2) is 23.0 Å². The Hall–Kier alpha value is -3.29. The summed E-state index contributed by atoms with van der Waals surface area (Å²) in [4.78, 5) is 14.6. The van der Waals surface area contributed by atoms with Crippen molar-refractivity contribution in [3.05, 3.63) is 35.4 Å². The quantitative estimate of drug-likeness (QED) is 0.635. The van der Waals surface area contributed by atoms with E-state index in [1.54, 1.807) is 57.5 Å². The summed E-state index contributed by atoms with van der Waals surface area (Å²) >= 11 is 0. The fourth-order valence-corrected chi connectivity index (χ4v) is 3.00. The van der Waals surface area contributed by atoms with E-state index in [9.17, 15) is 4.79 Å². The van der Waals surface area contributed by atoms with E-state index < -0.39 is 0 Å². The lowest BCUT2D eigenvalue weighted by Gasteiger charge is -2.21. The number of ether oxygens (including phenoxy) is 6. The smallest absolute Gasteiger partial charge is 0.254 e. The monoisotopic (exact) mass is 405 g/mol. The third-order valence-corrected chi connectivity index (χ3v) is 4.40. The summed E-state index contributed by atoms with van der Waals surface area (Å²) in [6, 6.07) is 6.85. The number of carbonyl (C=O) groups excluding carboxylic acids is 1. The molecule has 0 unspecified atom stereocenters. The molecule has 8 nitrogen and oxygen atoms in total. The van der Waals surface area contributed by atoms with Crippen LogP contribution in [-0.2, 0) is 6.54 Å². The predicted octanol–water partition coefficient (Wildman–Crippen LogP) is 3.01. The molecule has 29 heavy (non-hydrogen) atoms. The van der Waals surface area contributed by atoms with Gasteiger partial charge < -0.3 is 33.3 Å². The molecular formula is C21H27NO7. The molecule has 158 valence electrons. The zero-order valence-electron chi connectivity index (χ0n) is 17.8. The van der Waals surface area contributed by atoms with Gasteiger partial charge in [-0.15, -0.1) is 0 Å². The molecule has 0 fully saturated rings. The largest absolute Gasteiger partial charge is 0.493 e. The SMILES string of the molecule is COc1cc(CN(C)C(=O)c2cc(OC)c(OC)c(OC)c2)cc(OC)c1OC. The Morgan fingerprint density at radius 1 is 0.690 bits per heavy atom. The van der Waals surface area contributed by atoms with Crippen molar-refractivity contribution < 1.29 is 33.2 Å². The first kappa shape index (κ1) is 22.0. The number of rotatable bonds is 9. The molecule has 0 radical (unpaired) electrons. The number of hydrogen-bond donors (Lipinski definition) is 0. The minimum atomic E-state index is -0.210. The number of hydrogen-bond acceptors (Lipinski definition) is 7. The molecular weight excluding hydrogens is 378 g/mol. The van der Waals surface area contributed by atoms with Crippen molar-refractivity contribution in [2.24, 2.45) is 0 Å². The Morgan fingerprint density at radius 2 is 1.07 bits per heavy atom. The molecule has 0 N–H and O–H groups in total. The summed E-state index contributed by atoms with van der Waals surface area (Å²) in [5.41, 5.74) is 1.23. The highest BCUT2D eigenvalue weighted by molar-refractivity contribution is 5.95. The van der Waals surface area contributed by atoms with Crippen LogP contribution in [0.25, 0.3) is 0 Å². The molecule has 2 aromatic rings. The molecule has 8 heteroatoms. The molecule has 0 aromatic heterocycles. The molecule has 1 amide bonds.